The first-order valence-electron chi connectivity index (χ1n) is 5.65. The van der Waals surface area contributed by atoms with Crippen LogP contribution in [-0.2, 0) is 6.54 Å². The maximum absolute atomic E-state index is 13.5. The van der Waals surface area contributed by atoms with E-state index in [-0.39, 0.29) is 11.9 Å². The van der Waals surface area contributed by atoms with Crippen molar-refractivity contribution in [3.05, 3.63) is 53.1 Å². The molecule has 2 aromatic rings. The Morgan fingerprint density at radius 2 is 2.18 bits per heavy atom. The van der Waals surface area contributed by atoms with E-state index in [4.69, 9.17) is 5.73 Å². The molecule has 0 amide bonds. The van der Waals surface area contributed by atoms with Crippen LogP contribution in [0.25, 0.3) is 0 Å². The highest BCUT2D eigenvalue weighted by Gasteiger charge is 2.12. The van der Waals surface area contributed by atoms with Gasteiger partial charge < -0.3 is 5.73 Å². The predicted molar refractivity (Wildman–Crippen MR) is 65.1 cm³/mol. The Balaban J connectivity index is 2.29. The number of nitrogens with zero attached hydrogens (tertiary/aromatic N) is 2. The Kier molecular flexibility index (Phi) is 3.24. The SMILES string of the molecule is CCn1cc(C(N)c2ccc(C)c(F)c2)cn1. The minimum atomic E-state index is -0.328. The second-order valence-electron chi connectivity index (χ2n) is 4.12. The standard InChI is InChI=1S/C13H16FN3/c1-3-17-8-11(7-16-17)13(15)10-5-4-9(2)12(14)6-10/h4-8,13H,3,15H2,1-2H3. The molecule has 0 fully saturated rings. The third-order valence-electron chi connectivity index (χ3n) is 2.89. The smallest absolute Gasteiger partial charge is 0.126 e. The van der Waals surface area contributed by atoms with E-state index in [1.807, 2.05) is 19.2 Å². The van der Waals surface area contributed by atoms with Crippen molar-refractivity contribution in [3.63, 3.8) is 0 Å². The van der Waals surface area contributed by atoms with E-state index in [2.05, 4.69) is 5.10 Å². The van der Waals surface area contributed by atoms with Crippen molar-refractivity contribution in [2.45, 2.75) is 26.4 Å². The summed E-state index contributed by atoms with van der Waals surface area (Å²) < 4.78 is 15.3. The molecule has 2 rings (SSSR count). The van der Waals surface area contributed by atoms with Crippen LogP contribution in [0, 0.1) is 12.7 Å². The van der Waals surface area contributed by atoms with Gasteiger partial charge in [-0.25, -0.2) is 4.39 Å². The van der Waals surface area contributed by atoms with E-state index in [0.29, 0.717) is 5.56 Å². The van der Waals surface area contributed by atoms with Gasteiger partial charge >= 0.3 is 0 Å². The maximum atomic E-state index is 13.5. The van der Waals surface area contributed by atoms with Crippen LogP contribution in [0.4, 0.5) is 4.39 Å². The number of hydrogen-bond donors (Lipinski definition) is 1. The number of aryl methyl sites for hydroxylation is 2. The lowest BCUT2D eigenvalue weighted by atomic mass is 10.0. The summed E-state index contributed by atoms with van der Waals surface area (Å²) in [5.41, 5.74) is 8.38. The van der Waals surface area contributed by atoms with E-state index in [0.717, 1.165) is 17.7 Å². The number of aromatic nitrogens is 2. The fraction of sp³-hybridized carbons (Fsp3) is 0.308. The van der Waals surface area contributed by atoms with Gasteiger partial charge in [0.15, 0.2) is 0 Å². The van der Waals surface area contributed by atoms with Crippen LogP contribution in [0.5, 0.6) is 0 Å². The van der Waals surface area contributed by atoms with Crippen molar-refractivity contribution in [3.8, 4) is 0 Å². The number of rotatable bonds is 3. The molecule has 0 aliphatic rings. The summed E-state index contributed by atoms with van der Waals surface area (Å²) >= 11 is 0. The normalized spacial score (nSPS) is 12.7. The van der Waals surface area contributed by atoms with Gasteiger partial charge in [-0.3, -0.25) is 4.68 Å². The molecule has 17 heavy (non-hydrogen) atoms. The topological polar surface area (TPSA) is 43.8 Å². The van der Waals surface area contributed by atoms with Gasteiger partial charge in [0.05, 0.1) is 12.2 Å². The van der Waals surface area contributed by atoms with Crippen molar-refractivity contribution in [1.29, 1.82) is 0 Å². The molecule has 0 bridgehead atoms. The molecule has 2 N–H and O–H groups in total. The molecule has 0 radical (unpaired) electrons. The van der Waals surface area contributed by atoms with Gasteiger partial charge in [-0.05, 0) is 31.0 Å². The van der Waals surface area contributed by atoms with Gasteiger partial charge in [0, 0.05) is 18.3 Å². The molecule has 90 valence electrons. The van der Waals surface area contributed by atoms with Gasteiger partial charge in [0.1, 0.15) is 5.82 Å². The van der Waals surface area contributed by atoms with E-state index >= 15 is 0 Å². The first-order chi connectivity index (χ1) is 8.11. The highest BCUT2D eigenvalue weighted by Crippen LogP contribution is 2.21. The lowest BCUT2D eigenvalue weighted by molar-refractivity contribution is 0.614. The Labute approximate surface area is 100 Å². The van der Waals surface area contributed by atoms with Crippen LogP contribution in [0.15, 0.2) is 30.6 Å². The average molecular weight is 233 g/mol. The molecule has 1 aromatic carbocycles. The van der Waals surface area contributed by atoms with Crippen LogP contribution >= 0.6 is 0 Å². The number of halogens is 1. The lowest BCUT2D eigenvalue weighted by Crippen LogP contribution is -2.11. The summed E-state index contributed by atoms with van der Waals surface area (Å²) in [6.45, 7) is 4.54. The first-order valence-corrected chi connectivity index (χ1v) is 5.65. The Hall–Kier alpha value is -1.68. The van der Waals surface area contributed by atoms with E-state index < -0.39 is 0 Å². The second-order valence-corrected chi connectivity index (χ2v) is 4.12. The monoisotopic (exact) mass is 233 g/mol. The zero-order chi connectivity index (χ0) is 12.4. The van der Waals surface area contributed by atoms with Crippen molar-refractivity contribution >= 4 is 0 Å². The summed E-state index contributed by atoms with van der Waals surface area (Å²) in [7, 11) is 0. The third kappa shape index (κ3) is 2.36. The largest absolute Gasteiger partial charge is 0.320 e. The molecule has 1 atom stereocenters. The zero-order valence-corrected chi connectivity index (χ0v) is 10.0. The molecule has 0 saturated carbocycles. The van der Waals surface area contributed by atoms with E-state index in [9.17, 15) is 4.39 Å². The molecule has 0 aliphatic heterocycles. The Bertz CT molecular complexity index is 519. The first kappa shape index (κ1) is 11.8. The highest BCUT2D eigenvalue weighted by atomic mass is 19.1. The minimum absolute atomic E-state index is 0.221. The summed E-state index contributed by atoms with van der Waals surface area (Å²) in [5, 5.41) is 4.16. The second kappa shape index (κ2) is 4.67. The molecule has 0 saturated heterocycles. The molecule has 1 unspecified atom stereocenters. The fourth-order valence-electron chi connectivity index (χ4n) is 1.71. The molecule has 0 aliphatic carbocycles. The number of nitrogens with two attached hydrogens (primary N) is 1. The molecule has 1 heterocycles. The van der Waals surface area contributed by atoms with Crippen LogP contribution in [0.3, 0.4) is 0 Å². The molecule has 4 heteroatoms. The minimum Gasteiger partial charge on any atom is -0.320 e. The van der Waals surface area contributed by atoms with Crippen molar-refractivity contribution in [1.82, 2.24) is 9.78 Å². The quantitative estimate of drug-likeness (QED) is 0.884. The Morgan fingerprint density at radius 1 is 1.41 bits per heavy atom. The molecular weight excluding hydrogens is 217 g/mol. The van der Waals surface area contributed by atoms with Gasteiger partial charge in [0.2, 0.25) is 0 Å². The van der Waals surface area contributed by atoms with Crippen LogP contribution < -0.4 is 5.73 Å². The van der Waals surface area contributed by atoms with Crippen molar-refractivity contribution < 1.29 is 4.39 Å². The third-order valence-corrected chi connectivity index (χ3v) is 2.89. The molecule has 0 spiro atoms. The van der Waals surface area contributed by atoms with Gasteiger partial charge in [-0.15, -0.1) is 0 Å². The van der Waals surface area contributed by atoms with Gasteiger partial charge in [0.25, 0.3) is 0 Å². The molecule has 3 nitrogen and oxygen atoms in total. The van der Waals surface area contributed by atoms with E-state index in [1.54, 1.807) is 23.9 Å². The van der Waals surface area contributed by atoms with Crippen LogP contribution in [-0.4, -0.2) is 9.78 Å². The van der Waals surface area contributed by atoms with Gasteiger partial charge in [-0.2, -0.15) is 5.10 Å². The van der Waals surface area contributed by atoms with Crippen LogP contribution in [0.2, 0.25) is 0 Å². The van der Waals surface area contributed by atoms with Crippen molar-refractivity contribution in [2.75, 3.05) is 0 Å². The number of hydrogen-bond acceptors (Lipinski definition) is 2. The highest BCUT2D eigenvalue weighted by molar-refractivity contribution is 5.31. The predicted octanol–water partition coefficient (Wildman–Crippen LogP) is 2.40. The number of benzene rings is 1. The summed E-state index contributed by atoms with van der Waals surface area (Å²) in [5.74, 6) is -0.221. The molecular formula is C13H16FN3. The summed E-state index contributed by atoms with van der Waals surface area (Å²) in [4.78, 5) is 0. The average Bonchev–Trinajstić information content (AvgIpc) is 2.80. The van der Waals surface area contributed by atoms with Crippen molar-refractivity contribution in [2.24, 2.45) is 5.73 Å². The zero-order valence-electron chi connectivity index (χ0n) is 10.0. The molecule has 1 aromatic heterocycles. The summed E-state index contributed by atoms with van der Waals surface area (Å²) in [6.07, 6.45) is 3.62. The van der Waals surface area contributed by atoms with Gasteiger partial charge in [-0.1, -0.05) is 12.1 Å². The maximum Gasteiger partial charge on any atom is 0.126 e. The fourth-order valence-corrected chi connectivity index (χ4v) is 1.71. The lowest BCUT2D eigenvalue weighted by Gasteiger charge is -2.10. The van der Waals surface area contributed by atoms with E-state index in [1.165, 1.54) is 6.07 Å². The Morgan fingerprint density at radius 3 is 2.76 bits per heavy atom. The van der Waals surface area contributed by atoms with Crippen LogP contribution in [0.1, 0.15) is 29.7 Å². The summed E-state index contributed by atoms with van der Waals surface area (Å²) in [6, 6.07) is 4.76.